The van der Waals surface area contributed by atoms with Crippen molar-refractivity contribution in [2.75, 3.05) is 13.1 Å². The quantitative estimate of drug-likeness (QED) is 0.396. The van der Waals surface area contributed by atoms with Gasteiger partial charge < -0.3 is 14.8 Å². The number of hydrogen-bond donors (Lipinski definition) is 1. The number of halogens is 1. The number of hydrogen-bond acceptors (Lipinski definition) is 3. The molecule has 0 saturated carbocycles. The summed E-state index contributed by atoms with van der Waals surface area (Å²) in [6.45, 7) is 4.01. The Morgan fingerprint density at radius 2 is 1.86 bits per heavy atom. The van der Waals surface area contributed by atoms with Crippen LogP contribution in [0.25, 0.3) is 11.0 Å². The minimum absolute atomic E-state index is 0.0274. The number of nitrogens with one attached hydrogen (secondary N) is 1. The number of piperidine rings is 1. The molecule has 2 aromatic carbocycles. The van der Waals surface area contributed by atoms with Gasteiger partial charge in [0.1, 0.15) is 12.4 Å². The molecule has 1 saturated heterocycles. The first-order valence-electron chi connectivity index (χ1n) is 12.8. The molecule has 0 spiro atoms. The van der Waals surface area contributed by atoms with Gasteiger partial charge in [0.25, 0.3) is 0 Å². The first kappa shape index (κ1) is 25.2. The molecule has 2 amide bonds. The Morgan fingerprint density at radius 1 is 1.06 bits per heavy atom. The molecule has 0 bridgehead atoms. The number of fused-ring (bicyclic) bond motifs is 1. The Morgan fingerprint density at radius 3 is 2.66 bits per heavy atom. The van der Waals surface area contributed by atoms with Gasteiger partial charge in [0.05, 0.1) is 17.5 Å². The molecule has 1 atom stereocenters. The third kappa shape index (κ3) is 6.85. The van der Waals surface area contributed by atoms with Crippen LogP contribution in [0.3, 0.4) is 0 Å². The highest BCUT2D eigenvalue weighted by Crippen LogP contribution is 2.21. The Balaban J connectivity index is 1.27. The number of likely N-dealkylation sites (tertiary alicyclic amines) is 1. The molecule has 1 aliphatic rings. The number of carbonyl (C=O) groups is 2. The van der Waals surface area contributed by atoms with E-state index in [1.807, 2.05) is 35.2 Å². The topological polar surface area (TPSA) is 67.2 Å². The lowest BCUT2D eigenvalue weighted by atomic mass is 10.0. The summed E-state index contributed by atoms with van der Waals surface area (Å²) in [6, 6.07) is 15.7. The summed E-state index contributed by atoms with van der Waals surface area (Å²) < 4.78 is 2.10. The highest BCUT2D eigenvalue weighted by atomic mass is 35.5. The molecule has 3 aromatic rings. The van der Waals surface area contributed by atoms with Gasteiger partial charge >= 0.3 is 0 Å². The fourth-order valence-corrected chi connectivity index (χ4v) is 4.98. The molecule has 1 aromatic heterocycles. The fourth-order valence-electron chi connectivity index (χ4n) is 4.85. The van der Waals surface area contributed by atoms with Crippen molar-refractivity contribution in [3.63, 3.8) is 0 Å². The van der Waals surface area contributed by atoms with Gasteiger partial charge in [-0.1, -0.05) is 42.3 Å². The van der Waals surface area contributed by atoms with Gasteiger partial charge in [-0.15, -0.1) is 0 Å². The van der Waals surface area contributed by atoms with E-state index in [1.165, 1.54) is 6.42 Å². The van der Waals surface area contributed by atoms with Crippen molar-refractivity contribution in [2.24, 2.45) is 0 Å². The second kappa shape index (κ2) is 12.2. The van der Waals surface area contributed by atoms with Crippen LogP contribution in [-0.4, -0.2) is 45.4 Å². The molecule has 1 unspecified atom stereocenters. The molecule has 4 rings (SSSR count). The maximum Gasteiger partial charge on any atom is 0.242 e. The number of rotatable bonds is 10. The van der Waals surface area contributed by atoms with E-state index in [4.69, 9.17) is 16.6 Å². The highest BCUT2D eigenvalue weighted by Gasteiger charge is 2.24. The van der Waals surface area contributed by atoms with Gasteiger partial charge in [0, 0.05) is 30.6 Å². The number of carbonyl (C=O) groups excluding carboxylic acids is 2. The van der Waals surface area contributed by atoms with Crippen LogP contribution >= 0.6 is 11.6 Å². The fraction of sp³-hybridized carbons (Fsp3) is 0.464. The van der Waals surface area contributed by atoms with Crippen molar-refractivity contribution in [1.82, 2.24) is 19.8 Å². The maximum atomic E-state index is 13.1. The molecule has 7 heteroatoms. The summed E-state index contributed by atoms with van der Waals surface area (Å²) in [6.07, 6.45) is 7.42. The standard InChI is InChI=1S/C28H35ClN4O2/c1-21-9-6-8-18-32(21)28(35)20-33-25-11-5-4-10-24(25)31-26(33)12-3-2-7-17-30-27(34)19-22-13-15-23(29)16-14-22/h4-5,10-11,13-16,21H,2-3,6-9,12,17-20H2,1H3,(H,30,34). The predicted octanol–water partition coefficient (Wildman–Crippen LogP) is 5.16. The molecule has 0 radical (unpaired) electrons. The Labute approximate surface area is 212 Å². The zero-order valence-corrected chi connectivity index (χ0v) is 21.3. The largest absolute Gasteiger partial charge is 0.356 e. The first-order valence-corrected chi connectivity index (χ1v) is 13.1. The average Bonchev–Trinajstić information content (AvgIpc) is 3.20. The molecule has 1 aliphatic heterocycles. The molecular formula is C28H35ClN4O2. The van der Waals surface area contributed by atoms with E-state index in [0.29, 0.717) is 30.6 Å². The lowest BCUT2D eigenvalue weighted by molar-refractivity contribution is -0.135. The van der Waals surface area contributed by atoms with E-state index in [2.05, 4.69) is 22.9 Å². The summed E-state index contributed by atoms with van der Waals surface area (Å²) in [4.78, 5) is 32.2. The number of aryl methyl sites for hydroxylation is 1. The summed E-state index contributed by atoms with van der Waals surface area (Å²) in [7, 11) is 0. The third-order valence-electron chi connectivity index (χ3n) is 6.83. The molecule has 0 aliphatic carbocycles. The maximum absolute atomic E-state index is 13.1. The van der Waals surface area contributed by atoms with Crippen molar-refractivity contribution >= 4 is 34.4 Å². The van der Waals surface area contributed by atoms with Crippen molar-refractivity contribution in [2.45, 2.75) is 70.9 Å². The van der Waals surface area contributed by atoms with Crippen LogP contribution in [0.2, 0.25) is 5.02 Å². The van der Waals surface area contributed by atoms with E-state index in [1.54, 1.807) is 12.1 Å². The van der Waals surface area contributed by atoms with Crippen molar-refractivity contribution in [3.8, 4) is 0 Å². The van der Waals surface area contributed by atoms with Crippen LogP contribution in [0.1, 0.15) is 56.8 Å². The zero-order chi connectivity index (χ0) is 24.6. The second-order valence-electron chi connectivity index (χ2n) is 9.50. The summed E-state index contributed by atoms with van der Waals surface area (Å²) in [5.74, 6) is 1.18. The van der Waals surface area contributed by atoms with Gasteiger partial charge in [0.15, 0.2) is 0 Å². The van der Waals surface area contributed by atoms with Gasteiger partial charge in [-0.25, -0.2) is 4.98 Å². The van der Waals surface area contributed by atoms with Crippen LogP contribution in [0.5, 0.6) is 0 Å². The third-order valence-corrected chi connectivity index (χ3v) is 7.08. The predicted molar refractivity (Wildman–Crippen MR) is 140 cm³/mol. The van der Waals surface area contributed by atoms with Crippen LogP contribution in [0.15, 0.2) is 48.5 Å². The molecule has 6 nitrogen and oxygen atoms in total. The van der Waals surface area contributed by atoms with Crippen LogP contribution < -0.4 is 5.32 Å². The first-order chi connectivity index (χ1) is 17.0. The monoisotopic (exact) mass is 494 g/mol. The number of para-hydroxylation sites is 2. The van der Waals surface area contributed by atoms with E-state index < -0.39 is 0 Å². The minimum atomic E-state index is 0.0274. The van der Waals surface area contributed by atoms with E-state index in [-0.39, 0.29) is 11.8 Å². The van der Waals surface area contributed by atoms with Gasteiger partial charge in [-0.3, -0.25) is 9.59 Å². The van der Waals surface area contributed by atoms with Crippen LogP contribution in [-0.2, 0) is 29.0 Å². The minimum Gasteiger partial charge on any atom is -0.356 e. The summed E-state index contributed by atoms with van der Waals surface area (Å²) >= 11 is 5.90. The number of aromatic nitrogens is 2. The van der Waals surface area contributed by atoms with E-state index in [9.17, 15) is 9.59 Å². The van der Waals surface area contributed by atoms with Crippen molar-refractivity contribution in [1.29, 1.82) is 0 Å². The summed E-state index contributed by atoms with van der Waals surface area (Å²) in [5.41, 5.74) is 2.92. The summed E-state index contributed by atoms with van der Waals surface area (Å²) in [5, 5.41) is 3.68. The Hall–Kier alpha value is -2.86. The normalized spacial score (nSPS) is 15.9. The van der Waals surface area contributed by atoms with Crippen LogP contribution in [0.4, 0.5) is 0 Å². The molecule has 1 N–H and O–H groups in total. The molecule has 35 heavy (non-hydrogen) atoms. The number of nitrogens with zero attached hydrogens (tertiary/aromatic N) is 3. The lowest BCUT2D eigenvalue weighted by Crippen LogP contribution is -2.43. The number of imidazole rings is 1. The van der Waals surface area contributed by atoms with Crippen molar-refractivity contribution in [3.05, 3.63) is 64.9 Å². The highest BCUT2D eigenvalue weighted by molar-refractivity contribution is 6.30. The molecule has 186 valence electrons. The smallest absolute Gasteiger partial charge is 0.242 e. The molecular weight excluding hydrogens is 460 g/mol. The number of unbranched alkanes of at least 4 members (excludes halogenated alkanes) is 2. The SMILES string of the molecule is CC1CCCCN1C(=O)Cn1c(CCCCCNC(=O)Cc2ccc(Cl)cc2)nc2ccccc21. The Bertz CT molecular complexity index is 1140. The van der Waals surface area contributed by atoms with Gasteiger partial charge in [-0.05, 0) is 68.9 Å². The second-order valence-corrected chi connectivity index (χ2v) is 9.94. The lowest BCUT2D eigenvalue weighted by Gasteiger charge is -2.33. The zero-order valence-electron chi connectivity index (χ0n) is 20.5. The average molecular weight is 495 g/mol. The van der Waals surface area contributed by atoms with Gasteiger partial charge in [0.2, 0.25) is 11.8 Å². The molecule has 1 fully saturated rings. The van der Waals surface area contributed by atoms with Crippen LogP contribution in [0, 0.1) is 0 Å². The number of benzene rings is 2. The van der Waals surface area contributed by atoms with Crippen molar-refractivity contribution < 1.29 is 9.59 Å². The van der Waals surface area contributed by atoms with E-state index in [0.717, 1.165) is 67.5 Å². The van der Waals surface area contributed by atoms with Gasteiger partial charge in [-0.2, -0.15) is 0 Å². The molecule has 2 heterocycles. The van der Waals surface area contributed by atoms with E-state index >= 15 is 0 Å². The Kier molecular flexibility index (Phi) is 8.80. The number of amides is 2.